The Morgan fingerprint density at radius 1 is 1.25 bits per heavy atom. The third-order valence-electron chi connectivity index (χ3n) is 7.36. The lowest BCUT2D eigenvalue weighted by molar-refractivity contribution is -0.549. The Bertz CT molecular complexity index is 1010. The number of hydrogen-bond acceptors (Lipinski definition) is 4. The number of ether oxygens (including phenoxy) is 1. The highest BCUT2D eigenvalue weighted by Crippen LogP contribution is 2.30. The zero-order chi connectivity index (χ0) is 26.5. The summed E-state index contributed by atoms with van der Waals surface area (Å²) in [5, 5.41) is 11.9. The normalized spacial score (nSPS) is 18.0. The maximum Gasteiger partial charge on any atom is 0.303 e. The summed E-state index contributed by atoms with van der Waals surface area (Å²) in [6.45, 7) is 8.76. The van der Waals surface area contributed by atoms with Gasteiger partial charge < -0.3 is 20.1 Å². The molecule has 0 aromatic heterocycles. The summed E-state index contributed by atoms with van der Waals surface area (Å²) >= 11 is 0. The van der Waals surface area contributed by atoms with Crippen LogP contribution in [0.2, 0.25) is 0 Å². The van der Waals surface area contributed by atoms with Crippen LogP contribution < -0.4 is 11.1 Å². The van der Waals surface area contributed by atoms with Crippen LogP contribution in [0.25, 0.3) is 0 Å². The average Bonchev–Trinajstić information content (AvgIpc) is 2.86. The summed E-state index contributed by atoms with van der Waals surface area (Å²) < 4.78 is 22.2. The first-order valence-corrected chi connectivity index (χ1v) is 12.6. The molecular formula is C26H38FN4O5+. The molecule has 1 atom stereocenters. The lowest BCUT2D eigenvalue weighted by atomic mass is 9.80. The molecule has 3 rings (SSSR count). The van der Waals surface area contributed by atoms with Crippen LogP contribution in [0.3, 0.4) is 0 Å². The molecule has 1 unspecified atom stereocenters. The van der Waals surface area contributed by atoms with Crippen LogP contribution in [-0.2, 0) is 14.3 Å². The fourth-order valence-electron chi connectivity index (χ4n) is 5.02. The number of nitrogens with zero attached hydrogens (tertiary/aromatic N) is 2. The number of carbonyl (C=O) groups is 3. The molecule has 198 valence electrons. The molecule has 1 aromatic carbocycles. The molecule has 2 amide bonds. The number of hydrogen-bond donors (Lipinski definition) is 3. The van der Waals surface area contributed by atoms with Crippen LogP contribution in [0.5, 0.6) is 0 Å². The molecule has 1 aromatic rings. The van der Waals surface area contributed by atoms with Gasteiger partial charge in [-0.1, -0.05) is 6.92 Å². The third kappa shape index (κ3) is 6.40. The highest BCUT2D eigenvalue weighted by molar-refractivity contribution is 5.98. The molecule has 2 aliphatic rings. The fourth-order valence-corrected chi connectivity index (χ4v) is 5.02. The fraction of sp³-hybridized carbons (Fsp3) is 0.615. The largest absolute Gasteiger partial charge is 0.481 e. The number of halogens is 1. The highest BCUT2D eigenvalue weighted by Gasteiger charge is 2.41. The zero-order valence-electron chi connectivity index (χ0n) is 21.4. The van der Waals surface area contributed by atoms with Gasteiger partial charge in [0.25, 0.3) is 11.7 Å². The summed E-state index contributed by atoms with van der Waals surface area (Å²) in [5.74, 6) is -1.69. The first-order valence-electron chi connectivity index (χ1n) is 12.6. The molecule has 2 fully saturated rings. The molecule has 9 nitrogen and oxygen atoms in total. The number of piperidine rings is 1. The van der Waals surface area contributed by atoms with Gasteiger partial charge in [-0.15, -0.1) is 0 Å². The van der Waals surface area contributed by atoms with Gasteiger partial charge in [-0.3, -0.25) is 24.7 Å². The van der Waals surface area contributed by atoms with Crippen molar-refractivity contribution in [2.24, 2.45) is 17.1 Å². The predicted octanol–water partition coefficient (Wildman–Crippen LogP) is 1.82. The number of likely N-dealkylation sites (tertiary alicyclic amines) is 1. The van der Waals surface area contributed by atoms with Gasteiger partial charge in [0.1, 0.15) is 18.9 Å². The van der Waals surface area contributed by atoms with Gasteiger partial charge in [-0.25, -0.2) is 4.39 Å². The Hall–Kier alpha value is -3.01. The maximum absolute atomic E-state index is 15.0. The quantitative estimate of drug-likeness (QED) is 0.366. The van der Waals surface area contributed by atoms with E-state index in [-0.39, 0.29) is 23.8 Å². The van der Waals surface area contributed by atoms with E-state index < -0.39 is 29.2 Å². The number of amidine groups is 1. The van der Waals surface area contributed by atoms with E-state index in [4.69, 9.17) is 15.6 Å². The van der Waals surface area contributed by atoms with Crippen molar-refractivity contribution in [3.8, 4) is 0 Å². The molecule has 0 aliphatic carbocycles. The van der Waals surface area contributed by atoms with Crippen molar-refractivity contribution >= 4 is 23.6 Å². The molecule has 10 heteroatoms. The molecule has 2 aliphatic heterocycles. The Kier molecular flexibility index (Phi) is 9.05. The second-order valence-electron chi connectivity index (χ2n) is 10.2. The Morgan fingerprint density at radius 2 is 1.89 bits per heavy atom. The molecule has 0 bridgehead atoms. The Morgan fingerprint density at radius 3 is 2.44 bits per heavy atom. The van der Waals surface area contributed by atoms with Crippen LogP contribution in [0, 0.1) is 17.2 Å². The standard InChI is InChI=1S/C26H37FN4O5/c1-4-21(26(2,3)25(35)31-9-7-17(8-10-31)15-22(32)33)29-24(34)19-6-5-18(16-20(19)27)23(28)30-11-13-36-14-12-30/h5-6,16-17,21,28H,4,7-15H2,1-3H3,(H2,29,32,33,34)/p+1. The van der Waals surface area contributed by atoms with Crippen LogP contribution >= 0.6 is 0 Å². The number of aliphatic carboxylic acids is 1. The van der Waals surface area contributed by atoms with Crippen molar-refractivity contribution in [2.45, 2.75) is 52.5 Å². The van der Waals surface area contributed by atoms with Crippen molar-refractivity contribution in [2.75, 3.05) is 39.4 Å². The number of rotatable bonds is 8. The van der Waals surface area contributed by atoms with Crippen LogP contribution in [0.4, 0.5) is 4.39 Å². The van der Waals surface area contributed by atoms with Crippen molar-refractivity contribution in [1.82, 2.24) is 10.2 Å². The van der Waals surface area contributed by atoms with E-state index in [1.54, 1.807) is 24.8 Å². The number of benzene rings is 1. The number of nitrogens with one attached hydrogen (secondary N) is 1. The number of nitrogens with two attached hydrogens (primary N) is 1. The number of carboxylic acids is 1. The van der Waals surface area contributed by atoms with Crippen molar-refractivity contribution < 1.29 is 33.2 Å². The number of amides is 2. The van der Waals surface area contributed by atoms with Gasteiger partial charge in [0, 0.05) is 25.6 Å². The van der Waals surface area contributed by atoms with Gasteiger partial charge >= 0.3 is 5.97 Å². The minimum atomic E-state index is -0.922. The first kappa shape index (κ1) is 27.6. The molecular weight excluding hydrogens is 467 g/mol. The number of carbonyl (C=O) groups excluding carboxylic acids is 2. The smallest absolute Gasteiger partial charge is 0.303 e. The first-order chi connectivity index (χ1) is 17.0. The van der Waals surface area contributed by atoms with Crippen molar-refractivity contribution in [1.29, 1.82) is 0 Å². The van der Waals surface area contributed by atoms with Crippen molar-refractivity contribution in [3.63, 3.8) is 0 Å². The maximum atomic E-state index is 15.0. The summed E-state index contributed by atoms with van der Waals surface area (Å²) in [4.78, 5) is 39.1. The van der Waals surface area contributed by atoms with E-state index in [2.05, 4.69) is 5.32 Å². The lowest BCUT2D eigenvalue weighted by Crippen LogP contribution is -2.54. The van der Waals surface area contributed by atoms with E-state index >= 15 is 0 Å². The summed E-state index contributed by atoms with van der Waals surface area (Å²) in [7, 11) is 0. The van der Waals surface area contributed by atoms with Gasteiger partial charge in [0.2, 0.25) is 5.91 Å². The Labute approximate surface area is 211 Å². The van der Waals surface area contributed by atoms with E-state index in [1.807, 2.05) is 11.5 Å². The van der Waals surface area contributed by atoms with Gasteiger partial charge in [0.05, 0.1) is 29.8 Å². The molecule has 0 saturated carbocycles. The van der Waals surface area contributed by atoms with Gasteiger partial charge in [0.15, 0.2) is 0 Å². The van der Waals surface area contributed by atoms with Crippen LogP contribution in [0.1, 0.15) is 62.4 Å². The van der Waals surface area contributed by atoms with Crippen LogP contribution in [-0.4, -0.2) is 83.6 Å². The molecule has 4 N–H and O–H groups in total. The monoisotopic (exact) mass is 505 g/mol. The minimum Gasteiger partial charge on any atom is -0.481 e. The second kappa shape index (κ2) is 11.8. The summed E-state index contributed by atoms with van der Waals surface area (Å²) in [6.07, 6.45) is 1.87. The molecule has 0 spiro atoms. The SMILES string of the molecule is CCC(NC(=O)c1ccc(C(N)=[N+]2CCOCC2)cc1F)C(C)(C)C(=O)N1CCC(CC(=O)O)CC1. The molecule has 2 heterocycles. The second-order valence-corrected chi connectivity index (χ2v) is 10.2. The van der Waals surface area contributed by atoms with Gasteiger partial charge in [-0.2, -0.15) is 0 Å². The highest BCUT2D eigenvalue weighted by atomic mass is 19.1. The third-order valence-corrected chi connectivity index (χ3v) is 7.36. The topological polar surface area (TPSA) is 125 Å². The van der Waals surface area contributed by atoms with Crippen LogP contribution in [0.15, 0.2) is 18.2 Å². The summed E-state index contributed by atoms with van der Waals surface area (Å²) in [6, 6.07) is 3.79. The van der Waals surface area contributed by atoms with E-state index in [0.29, 0.717) is 70.1 Å². The van der Waals surface area contributed by atoms with Crippen molar-refractivity contribution in [3.05, 3.63) is 35.1 Å². The van der Waals surface area contributed by atoms with E-state index in [9.17, 15) is 18.8 Å². The Balaban J connectivity index is 1.68. The minimum absolute atomic E-state index is 0.0665. The van der Waals surface area contributed by atoms with E-state index in [0.717, 1.165) is 0 Å². The summed E-state index contributed by atoms with van der Waals surface area (Å²) in [5.41, 5.74) is 5.68. The molecule has 36 heavy (non-hydrogen) atoms. The lowest BCUT2D eigenvalue weighted by Gasteiger charge is -2.40. The molecule has 0 radical (unpaired) electrons. The number of carboxylic acid groups (broad SMARTS) is 1. The predicted molar refractivity (Wildman–Crippen MR) is 132 cm³/mol. The zero-order valence-corrected chi connectivity index (χ0v) is 21.4. The van der Waals surface area contributed by atoms with Gasteiger partial charge in [-0.05, 0) is 57.2 Å². The van der Waals surface area contributed by atoms with E-state index in [1.165, 1.54) is 12.1 Å². The number of morpholine rings is 1. The average molecular weight is 506 g/mol. The molecule has 2 saturated heterocycles.